The van der Waals surface area contributed by atoms with Crippen molar-refractivity contribution < 1.29 is 14.1 Å². The van der Waals surface area contributed by atoms with Gasteiger partial charge in [0.05, 0.1) is 41.3 Å². The summed E-state index contributed by atoms with van der Waals surface area (Å²) in [7, 11) is 9.25. The number of rotatable bonds is 30. The van der Waals surface area contributed by atoms with Gasteiger partial charge in [-0.1, -0.05) is 142 Å². The van der Waals surface area contributed by atoms with E-state index in [4.69, 9.17) is 0 Å². The molecule has 0 aromatic heterocycles. The van der Waals surface area contributed by atoms with Crippen LogP contribution in [0.15, 0.2) is 0 Å². The average molecular weight is 541 g/mol. The Morgan fingerprint density at radius 2 is 0.579 bits per heavy atom. The molecule has 0 spiro atoms. The molecule has 1 N–H and O–H groups in total. The lowest BCUT2D eigenvalue weighted by Crippen LogP contribution is -2.53. The van der Waals surface area contributed by atoms with Gasteiger partial charge in [0.15, 0.2) is 6.10 Å². The third-order valence-corrected chi connectivity index (χ3v) is 8.64. The minimum Gasteiger partial charge on any atom is -0.382 e. The van der Waals surface area contributed by atoms with E-state index in [9.17, 15) is 5.11 Å². The van der Waals surface area contributed by atoms with Crippen molar-refractivity contribution in [3.8, 4) is 0 Å². The van der Waals surface area contributed by atoms with Gasteiger partial charge in [-0.2, -0.15) is 0 Å². The minimum absolute atomic E-state index is 0.199. The second-order valence-electron chi connectivity index (χ2n) is 14.1. The van der Waals surface area contributed by atoms with Crippen LogP contribution in [0.25, 0.3) is 0 Å². The van der Waals surface area contributed by atoms with E-state index < -0.39 is 0 Å². The largest absolute Gasteiger partial charge is 0.382 e. The van der Waals surface area contributed by atoms with Gasteiger partial charge in [0.1, 0.15) is 13.1 Å². The first-order valence-electron chi connectivity index (χ1n) is 17.5. The lowest BCUT2D eigenvalue weighted by molar-refractivity contribution is -0.914. The van der Waals surface area contributed by atoms with Crippen molar-refractivity contribution in [1.82, 2.24) is 0 Å². The Hall–Kier alpha value is -0.120. The van der Waals surface area contributed by atoms with Crippen molar-refractivity contribution >= 4 is 0 Å². The van der Waals surface area contributed by atoms with E-state index in [1.165, 1.54) is 167 Å². The SMILES string of the molecule is CCCCCCCCCCCCCC[N+](C)(C)CC(O)C[N+](C)(C)CCCCCCCCCCCCCC. The third-order valence-electron chi connectivity index (χ3n) is 8.64. The molecule has 0 rings (SSSR count). The molecule has 0 bridgehead atoms. The van der Waals surface area contributed by atoms with Crippen LogP contribution in [-0.2, 0) is 0 Å². The molecule has 0 amide bonds. The van der Waals surface area contributed by atoms with Gasteiger partial charge in [0.2, 0.25) is 0 Å². The fraction of sp³-hybridized carbons (Fsp3) is 1.00. The minimum atomic E-state index is -0.199. The molecule has 0 aromatic rings. The lowest BCUT2D eigenvalue weighted by atomic mass is 10.0. The van der Waals surface area contributed by atoms with Gasteiger partial charge in [-0.25, -0.2) is 0 Å². The van der Waals surface area contributed by atoms with Crippen LogP contribution in [0.2, 0.25) is 0 Å². The molecule has 0 atom stereocenters. The summed E-state index contributed by atoms with van der Waals surface area (Å²) in [4.78, 5) is 0. The molecule has 3 heteroatoms. The Labute approximate surface area is 242 Å². The van der Waals surface area contributed by atoms with Crippen molar-refractivity contribution in [2.24, 2.45) is 0 Å². The monoisotopic (exact) mass is 541 g/mol. The number of nitrogens with zero attached hydrogens (tertiary/aromatic N) is 2. The highest BCUT2D eigenvalue weighted by molar-refractivity contribution is 4.55. The number of hydrogen-bond donors (Lipinski definition) is 1. The fourth-order valence-electron chi connectivity index (χ4n) is 6.14. The van der Waals surface area contributed by atoms with Crippen LogP contribution in [0, 0.1) is 0 Å². The maximum Gasteiger partial charge on any atom is 0.152 e. The van der Waals surface area contributed by atoms with E-state index in [2.05, 4.69) is 42.0 Å². The quantitative estimate of drug-likeness (QED) is 0.0710. The second-order valence-corrected chi connectivity index (χ2v) is 14.1. The third kappa shape index (κ3) is 27.4. The van der Waals surface area contributed by atoms with Crippen molar-refractivity contribution in [2.45, 2.75) is 174 Å². The highest BCUT2D eigenvalue weighted by Gasteiger charge is 2.26. The molecule has 0 heterocycles. The molecule has 3 nitrogen and oxygen atoms in total. The molecular formula is C35H76N2O+2. The molecule has 0 aliphatic rings. The van der Waals surface area contributed by atoms with E-state index in [1.807, 2.05) is 0 Å². The van der Waals surface area contributed by atoms with Crippen LogP contribution in [0.5, 0.6) is 0 Å². The number of aliphatic hydroxyl groups excluding tert-OH is 1. The maximum atomic E-state index is 10.9. The predicted molar refractivity (Wildman–Crippen MR) is 172 cm³/mol. The van der Waals surface area contributed by atoms with Gasteiger partial charge < -0.3 is 14.1 Å². The second kappa shape index (κ2) is 25.8. The van der Waals surface area contributed by atoms with Gasteiger partial charge in [0, 0.05) is 0 Å². The van der Waals surface area contributed by atoms with Crippen molar-refractivity contribution in [2.75, 3.05) is 54.4 Å². The summed E-state index contributed by atoms with van der Waals surface area (Å²) < 4.78 is 1.91. The summed E-state index contributed by atoms with van der Waals surface area (Å²) in [6, 6.07) is 0. The molecular weight excluding hydrogens is 464 g/mol. The highest BCUT2D eigenvalue weighted by atomic mass is 16.3. The first-order valence-corrected chi connectivity index (χ1v) is 17.5. The summed E-state index contributed by atoms with van der Waals surface area (Å²) in [5.74, 6) is 0. The van der Waals surface area contributed by atoms with E-state index in [-0.39, 0.29) is 6.10 Å². The van der Waals surface area contributed by atoms with E-state index in [0.29, 0.717) is 0 Å². The highest BCUT2D eigenvalue weighted by Crippen LogP contribution is 2.15. The first kappa shape index (κ1) is 37.9. The summed E-state index contributed by atoms with van der Waals surface area (Å²) in [5, 5.41) is 10.9. The Balaban J connectivity index is 3.71. The zero-order valence-electron chi connectivity index (χ0n) is 27.7. The smallest absolute Gasteiger partial charge is 0.152 e. The van der Waals surface area contributed by atoms with E-state index in [0.717, 1.165) is 22.1 Å². The summed E-state index contributed by atoms with van der Waals surface area (Å²) in [6.07, 6.45) is 33.5. The normalized spacial score (nSPS) is 12.6. The summed E-state index contributed by atoms with van der Waals surface area (Å²) in [6.45, 7) is 8.75. The Morgan fingerprint density at radius 1 is 0.368 bits per heavy atom. The van der Waals surface area contributed by atoms with E-state index >= 15 is 0 Å². The van der Waals surface area contributed by atoms with Gasteiger partial charge in [0.25, 0.3) is 0 Å². The molecule has 0 saturated carbocycles. The first-order chi connectivity index (χ1) is 18.2. The number of unbranched alkanes of at least 4 members (excludes halogenated alkanes) is 22. The number of aliphatic hydroxyl groups is 1. The Bertz CT molecular complexity index is 435. The average Bonchev–Trinajstić information content (AvgIpc) is 2.84. The van der Waals surface area contributed by atoms with Crippen LogP contribution < -0.4 is 0 Å². The Morgan fingerprint density at radius 3 is 0.816 bits per heavy atom. The zero-order chi connectivity index (χ0) is 28.4. The van der Waals surface area contributed by atoms with Crippen LogP contribution in [0.4, 0.5) is 0 Å². The van der Waals surface area contributed by atoms with E-state index in [1.54, 1.807) is 0 Å². The number of quaternary nitrogens is 2. The van der Waals surface area contributed by atoms with Crippen molar-refractivity contribution in [3.63, 3.8) is 0 Å². The van der Waals surface area contributed by atoms with Gasteiger partial charge >= 0.3 is 0 Å². The topological polar surface area (TPSA) is 20.2 Å². The number of likely N-dealkylation sites (N-methyl/N-ethyl adjacent to an activating group) is 2. The molecule has 0 radical (unpaired) electrons. The molecule has 230 valence electrons. The zero-order valence-corrected chi connectivity index (χ0v) is 27.7. The molecule has 0 saturated heterocycles. The molecule has 0 aliphatic carbocycles. The van der Waals surface area contributed by atoms with Crippen LogP contribution in [0.3, 0.4) is 0 Å². The molecule has 0 unspecified atom stereocenters. The Kier molecular flexibility index (Phi) is 25.7. The fourth-order valence-corrected chi connectivity index (χ4v) is 6.14. The van der Waals surface area contributed by atoms with Crippen LogP contribution >= 0.6 is 0 Å². The van der Waals surface area contributed by atoms with Crippen molar-refractivity contribution in [3.05, 3.63) is 0 Å². The van der Waals surface area contributed by atoms with Gasteiger partial charge in [-0.05, 0) is 25.7 Å². The molecule has 0 fully saturated rings. The van der Waals surface area contributed by atoms with Crippen LogP contribution in [-0.4, -0.2) is 74.5 Å². The van der Waals surface area contributed by atoms with Gasteiger partial charge in [-0.15, -0.1) is 0 Å². The van der Waals surface area contributed by atoms with Crippen LogP contribution in [0.1, 0.15) is 168 Å². The molecule has 0 aromatic carbocycles. The predicted octanol–water partition coefficient (Wildman–Crippen LogP) is 9.90. The summed E-state index contributed by atoms with van der Waals surface area (Å²) >= 11 is 0. The summed E-state index contributed by atoms with van der Waals surface area (Å²) in [5.41, 5.74) is 0. The molecule has 38 heavy (non-hydrogen) atoms. The lowest BCUT2D eigenvalue weighted by Gasteiger charge is -2.36. The standard InChI is InChI=1S/C35H76N2O/c1-7-9-11-13-15-17-19-21-23-25-27-29-31-36(3,4)33-35(38)34-37(5,6)32-30-28-26-24-22-20-18-16-14-12-10-8-2/h35,38H,7-34H2,1-6H3/q+2. The number of hydrogen-bond acceptors (Lipinski definition) is 1. The van der Waals surface area contributed by atoms with Gasteiger partial charge in [-0.3, -0.25) is 0 Å². The maximum absolute atomic E-state index is 10.9. The van der Waals surface area contributed by atoms with Crippen molar-refractivity contribution in [1.29, 1.82) is 0 Å². The molecule has 0 aliphatic heterocycles.